The first-order chi connectivity index (χ1) is 15.5. The third kappa shape index (κ3) is 5.08. The molecule has 1 aromatic carbocycles. The molecular formula is C24H30N6OS. The van der Waals surface area contributed by atoms with Gasteiger partial charge in [-0.2, -0.15) is 4.98 Å². The second-order valence-electron chi connectivity index (χ2n) is 8.24. The molecule has 3 heterocycles. The van der Waals surface area contributed by atoms with Gasteiger partial charge in [0.25, 0.3) is 5.91 Å². The Hall–Kier alpha value is -2.97. The van der Waals surface area contributed by atoms with Gasteiger partial charge in [0, 0.05) is 37.8 Å². The predicted molar refractivity (Wildman–Crippen MR) is 130 cm³/mol. The molecule has 3 aromatic rings. The number of rotatable bonds is 8. The molecule has 2 aromatic heterocycles. The van der Waals surface area contributed by atoms with E-state index in [9.17, 15) is 4.79 Å². The highest BCUT2D eigenvalue weighted by atomic mass is 32.1. The number of nitrogen functional groups attached to an aromatic ring is 1. The van der Waals surface area contributed by atoms with Crippen LogP contribution in [-0.4, -0.2) is 54.5 Å². The molecule has 7 nitrogen and oxygen atoms in total. The Labute approximate surface area is 193 Å². The smallest absolute Gasteiger partial charge is 0.259 e. The van der Waals surface area contributed by atoms with Crippen LogP contribution >= 0.6 is 11.3 Å². The molecule has 1 aliphatic heterocycles. The summed E-state index contributed by atoms with van der Waals surface area (Å²) in [6.45, 7) is 2.88. The number of fused-ring (bicyclic) bond motifs is 1. The number of nitrogens with two attached hydrogens (primary N) is 1. The quantitative estimate of drug-likeness (QED) is 0.548. The van der Waals surface area contributed by atoms with Crippen LogP contribution in [0.4, 0.5) is 11.8 Å². The van der Waals surface area contributed by atoms with E-state index < -0.39 is 0 Å². The van der Waals surface area contributed by atoms with Crippen LogP contribution in [0.5, 0.6) is 0 Å². The minimum Gasteiger partial charge on any atom is -0.368 e. The summed E-state index contributed by atoms with van der Waals surface area (Å²) in [5.41, 5.74) is 8.66. The van der Waals surface area contributed by atoms with Gasteiger partial charge in [0.05, 0.1) is 0 Å². The molecule has 0 saturated heterocycles. The summed E-state index contributed by atoms with van der Waals surface area (Å²) in [5.74, 6) is 1.24. The minimum atomic E-state index is -0.0572. The first-order valence-corrected chi connectivity index (χ1v) is 11.8. The summed E-state index contributed by atoms with van der Waals surface area (Å²) >= 11 is 1.83. The molecule has 1 unspecified atom stereocenters. The lowest BCUT2D eigenvalue weighted by Gasteiger charge is -2.21. The van der Waals surface area contributed by atoms with E-state index in [1.54, 1.807) is 0 Å². The molecule has 4 rings (SSSR count). The molecule has 0 fully saturated rings. The Balaban J connectivity index is 1.45. The van der Waals surface area contributed by atoms with Crippen molar-refractivity contribution in [1.29, 1.82) is 0 Å². The Bertz CT molecular complexity index is 1040. The van der Waals surface area contributed by atoms with Gasteiger partial charge in [0.2, 0.25) is 5.95 Å². The summed E-state index contributed by atoms with van der Waals surface area (Å²) in [6, 6.07) is 13.0. The number of anilines is 2. The van der Waals surface area contributed by atoms with Crippen LogP contribution < -0.4 is 16.0 Å². The van der Waals surface area contributed by atoms with Crippen LogP contribution in [0.3, 0.4) is 0 Å². The van der Waals surface area contributed by atoms with Crippen molar-refractivity contribution in [2.45, 2.75) is 25.3 Å². The number of aromatic nitrogens is 2. The van der Waals surface area contributed by atoms with E-state index in [0.29, 0.717) is 36.9 Å². The van der Waals surface area contributed by atoms with Gasteiger partial charge in [-0.15, -0.1) is 11.3 Å². The predicted octanol–water partition coefficient (Wildman–Crippen LogP) is 3.15. The van der Waals surface area contributed by atoms with Crippen molar-refractivity contribution in [3.05, 3.63) is 69.5 Å². The summed E-state index contributed by atoms with van der Waals surface area (Å²) in [6.07, 6.45) is 3.66. The normalized spacial score (nSPS) is 14.9. The number of benzene rings is 1. The van der Waals surface area contributed by atoms with Gasteiger partial charge in [0.15, 0.2) is 0 Å². The highest BCUT2D eigenvalue weighted by molar-refractivity contribution is 7.10. The highest BCUT2D eigenvalue weighted by Gasteiger charge is 2.26. The number of nitrogens with one attached hydrogen (secondary N) is 1. The zero-order valence-corrected chi connectivity index (χ0v) is 19.4. The van der Waals surface area contributed by atoms with Crippen LogP contribution in [0.1, 0.15) is 38.7 Å². The van der Waals surface area contributed by atoms with Gasteiger partial charge in [-0.1, -0.05) is 30.3 Å². The van der Waals surface area contributed by atoms with E-state index >= 15 is 0 Å². The molecule has 0 saturated carbocycles. The standard InChI is InChI=1S/C24H30N6OS/c1-26-10-9-19(21-4-3-13-32-21)14-17-5-7-18(8-6-17)16-30-12-11-29(2)22-20(23(30)31)15-27-24(25)28-22/h3-8,13,15,19,26H,9-12,14,16H2,1-2H3,(H2,25,27,28). The SMILES string of the molecule is CNCCC(Cc1ccc(CN2CCN(C)c3nc(N)ncc3C2=O)cc1)c1cccs1. The van der Waals surface area contributed by atoms with E-state index in [4.69, 9.17) is 5.73 Å². The van der Waals surface area contributed by atoms with E-state index in [2.05, 4.69) is 57.1 Å². The van der Waals surface area contributed by atoms with E-state index in [1.807, 2.05) is 35.2 Å². The number of hydrogen-bond acceptors (Lipinski definition) is 7. The highest BCUT2D eigenvalue weighted by Crippen LogP contribution is 2.28. The van der Waals surface area contributed by atoms with Crippen LogP contribution in [-0.2, 0) is 13.0 Å². The summed E-state index contributed by atoms with van der Waals surface area (Å²) in [5, 5.41) is 5.42. The lowest BCUT2D eigenvalue weighted by Crippen LogP contribution is -2.33. The maximum atomic E-state index is 13.1. The lowest BCUT2D eigenvalue weighted by molar-refractivity contribution is 0.0754. The topological polar surface area (TPSA) is 87.4 Å². The molecule has 0 radical (unpaired) electrons. The number of thiophene rings is 1. The average molecular weight is 451 g/mol. The van der Waals surface area contributed by atoms with Crippen molar-refractivity contribution in [2.24, 2.45) is 0 Å². The van der Waals surface area contributed by atoms with Crippen molar-refractivity contribution in [3.8, 4) is 0 Å². The third-order valence-corrected chi connectivity index (χ3v) is 6.97. The molecule has 0 aliphatic carbocycles. The van der Waals surface area contributed by atoms with Crippen molar-refractivity contribution in [1.82, 2.24) is 20.2 Å². The van der Waals surface area contributed by atoms with E-state index in [1.165, 1.54) is 16.6 Å². The number of amides is 1. The zero-order valence-electron chi connectivity index (χ0n) is 18.6. The van der Waals surface area contributed by atoms with Crippen molar-refractivity contribution >= 4 is 29.0 Å². The maximum Gasteiger partial charge on any atom is 0.259 e. The van der Waals surface area contributed by atoms with Crippen LogP contribution in [0, 0.1) is 0 Å². The van der Waals surface area contributed by atoms with Crippen LogP contribution in [0.15, 0.2) is 48.0 Å². The third-order valence-electron chi connectivity index (χ3n) is 5.94. The van der Waals surface area contributed by atoms with Crippen LogP contribution in [0.2, 0.25) is 0 Å². The van der Waals surface area contributed by atoms with Gasteiger partial charge < -0.3 is 20.9 Å². The fraction of sp³-hybridized carbons (Fsp3) is 0.375. The lowest BCUT2D eigenvalue weighted by atomic mass is 9.94. The van der Waals surface area contributed by atoms with Gasteiger partial charge in [0.1, 0.15) is 11.4 Å². The molecule has 32 heavy (non-hydrogen) atoms. The van der Waals surface area contributed by atoms with Gasteiger partial charge in [-0.05, 0) is 54.9 Å². The number of hydrogen-bond donors (Lipinski definition) is 2. The first-order valence-electron chi connectivity index (χ1n) is 10.9. The van der Waals surface area contributed by atoms with Gasteiger partial charge >= 0.3 is 0 Å². The second-order valence-corrected chi connectivity index (χ2v) is 9.22. The average Bonchev–Trinajstić information content (AvgIpc) is 3.31. The zero-order chi connectivity index (χ0) is 22.5. The van der Waals surface area contributed by atoms with Gasteiger partial charge in [-0.3, -0.25) is 4.79 Å². The fourth-order valence-corrected chi connectivity index (χ4v) is 4.96. The molecule has 1 aliphatic rings. The van der Waals surface area contributed by atoms with E-state index in [-0.39, 0.29) is 11.9 Å². The second kappa shape index (κ2) is 10.1. The molecule has 0 spiro atoms. The molecule has 1 atom stereocenters. The maximum absolute atomic E-state index is 13.1. The summed E-state index contributed by atoms with van der Waals surface area (Å²) in [4.78, 5) is 26.7. The van der Waals surface area contributed by atoms with Crippen LogP contribution in [0.25, 0.3) is 0 Å². The number of nitrogens with zero attached hydrogens (tertiary/aromatic N) is 4. The monoisotopic (exact) mass is 450 g/mol. The van der Waals surface area contributed by atoms with Gasteiger partial charge in [-0.25, -0.2) is 4.98 Å². The molecular weight excluding hydrogens is 420 g/mol. The number of likely N-dealkylation sites (N-methyl/N-ethyl adjacent to an activating group) is 1. The first kappa shape index (κ1) is 22.2. The number of carbonyl (C=O) groups excluding carboxylic acids is 1. The Morgan fingerprint density at radius 3 is 2.69 bits per heavy atom. The molecule has 1 amide bonds. The molecule has 168 valence electrons. The molecule has 0 bridgehead atoms. The fourth-order valence-electron chi connectivity index (χ4n) is 4.10. The molecule has 8 heteroatoms. The number of carbonyl (C=O) groups is 1. The minimum absolute atomic E-state index is 0.0572. The Kier molecular flexibility index (Phi) is 7.02. The van der Waals surface area contributed by atoms with Crippen molar-refractivity contribution in [2.75, 3.05) is 44.4 Å². The largest absolute Gasteiger partial charge is 0.368 e. The van der Waals surface area contributed by atoms with E-state index in [0.717, 1.165) is 24.9 Å². The van der Waals surface area contributed by atoms with Crippen molar-refractivity contribution in [3.63, 3.8) is 0 Å². The summed E-state index contributed by atoms with van der Waals surface area (Å²) in [7, 11) is 3.93. The van der Waals surface area contributed by atoms with Crippen molar-refractivity contribution < 1.29 is 4.79 Å². The Morgan fingerprint density at radius 2 is 1.97 bits per heavy atom. The summed E-state index contributed by atoms with van der Waals surface area (Å²) < 4.78 is 0. The molecule has 3 N–H and O–H groups in total. The Morgan fingerprint density at radius 1 is 1.19 bits per heavy atom.